The van der Waals surface area contributed by atoms with Crippen molar-refractivity contribution in [3.05, 3.63) is 59.0 Å². The van der Waals surface area contributed by atoms with Gasteiger partial charge in [0, 0.05) is 31.9 Å². The number of nitrogens with zero attached hydrogens (tertiary/aromatic N) is 2. The molecule has 0 aliphatic heterocycles. The number of halogens is 1. The SMILES string of the molecule is CCNCc1ccnc(N(C)Cc2ccc(C)cc2)c1F. The molecule has 1 aromatic carbocycles. The van der Waals surface area contributed by atoms with Gasteiger partial charge in [-0.15, -0.1) is 0 Å². The Morgan fingerprint density at radius 2 is 1.90 bits per heavy atom. The molecule has 0 aliphatic rings. The minimum Gasteiger partial charge on any atom is -0.353 e. The molecule has 21 heavy (non-hydrogen) atoms. The zero-order valence-electron chi connectivity index (χ0n) is 12.9. The van der Waals surface area contributed by atoms with E-state index in [1.165, 1.54) is 5.56 Å². The van der Waals surface area contributed by atoms with E-state index in [-0.39, 0.29) is 5.82 Å². The number of rotatable bonds is 6. The summed E-state index contributed by atoms with van der Waals surface area (Å²) in [6.07, 6.45) is 1.66. The Labute approximate surface area is 125 Å². The average Bonchev–Trinajstić information content (AvgIpc) is 2.48. The summed E-state index contributed by atoms with van der Waals surface area (Å²) in [6.45, 7) is 6.03. The van der Waals surface area contributed by atoms with Gasteiger partial charge in [0.25, 0.3) is 0 Å². The molecule has 112 valence electrons. The van der Waals surface area contributed by atoms with Crippen molar-refractivity contribution in [3.8, 4) is 0 Å². The highest BCUT2D eigenvalue weighted by Crippen LogP contribution is 2.20. The smallest absolute Gasteiger partial charge is 0.170 e. The van der Waals surface area contributed by atoms with Gasteiger partial charge in [-0.3, -0.25) is 0 Å². The second-order valence-corrected chi connectivity index (χ2v) is 5.23. The van der Waals surface area contributed by atoms with Gasteiger partial charge in [0.1, 0.15) is 0 Å². The largest absolute Gasteiger partial charge is 0.353 e. The molecule has 0 atom stereocenters. The quantitative estimate of drug-likeness (QED) is 0.884. The van der Waals surface area contributed by atoms with Crippen LogP contribution in [0.2, 0.25) is 0 Å². The van der Waals surface area contributed by atoms with Crippen molar-refractivity contribution in [2.75, 3.05) is 18.5 Å². The standard InChI is InChI=1S/C17H22FN3/c1-4-19-11-15-9-10-20-17(16(15)18)21(3)12-14-7-5-13(2)6-8-14/h5-10,19H,4,11-12H2,1-3H3. The van der Waals surface area contributed by atoms with Crippen LogP contribution in [-0.4, -0.2) is 18.6 Å². The van der Waals surface area contributed by atoms with Crippen LogP contribution in [0.1, 0.15) is 23.6 Å². The minimum absolute atomic E-state index is 0.243. The predicted octanol–water partition coefficient (Wildman–Crippen LogP) is 3.28. The van der Waals surface area contributed by atoms with Gasteiger partial charge in [-0.1, -0.05) is 36.8 Å². The average molecular weight is 287 g/mol. The molecule has 0 amide bonds. The summed E-state index contributed by atoms with van der Waals surface area (Å²) < 4.78 is 14.5. The number of aromatic nitrogens is 1. The van der Waals surface area contributed by atoms with Crippen LogP contribution in [0.4, 0.5) is 10.2 Å². The second kappa shape index (κ2) is 7.18. The Hall–Kier alpha value is -1.94. The normalized spacial score (nSPS) is 10.7. The van der Waals surface area contributed by atoms with E-state index in [1.807, 2.05) is 18.9 Å². The third kappa shape index (κ3) is 4.02. The molecule has 4 heteroatoms. The summed E-state index contributed by atoms with van der Waals surface area (Å²) in [6, 6.07) is 9.97. The van der Waals surface area contributed by atoms with Crippen LogP contribution in [0.15, 0.2) is 36.5 Å². The summed E-state index contributed by atoms with van der Waals surface area (Å²) >= 11 is 0. The molecule has 0 saturated carbocycles. The van der Waals surface area contributed by atoms with Crippen molar-refractivity contribution < 1.29 is 4.39 Å². The molecule has 2 aromatic rings. The molecular weight excluding hydrogens is 265 g/mol. The van der Waals surface area contributed by atoms with E-state index < -0.39 is 0 Å². The molecule has 1 N–H and O–H groups in total. The van der Waals surface area contributed by atoms with Crippen molar-refractivity contribution in [1.82, 2.24) is 10.3 Å². The first-order valence-corrected chi connectivity index (χ1v) is 7.22. The van der Waals surface area contributed by atoms with Crippen molar-refractivity contribution in [2.45, 2.75) is 26.9 Å². The van der Waals surface area contributed by atoms with E-state index in [0.717, 1.165) is 12.1 Å². The fourth-order valence-corrected chi connectivity index (χ4v) is 2.18. The Kier molecular flexibility index (Phi) is 5.28. The van der Waals surface area contributed by atoms with Crippen LogP contribution < -0.4 is 10.2 Å². The zero-order valence-corrected chi connectivity index (χ0v) is 12.9. The molecule has 1 heterocycles. The molecule has 1 aromatic heterocycles. The summed E-state index contributed by atoms with van der Waals surface area (Å²) in [5.74, 6) is 0.152. The monoisotopic (exact) mass is 287 g/mol. The molecule has 0 spiro atoms. The van der Waals surface area contributed by atoms with E-state index in [2.05, 4.69) is 41.5 Å². The van der Waals surface area contributed by atoms with Crippen LogP contribution in [0.25, 0.3) is 0 Å². The summed E-state index contributed by atoms with van der Waals surface area (Å²) in [7, 11) is 1.86. The van der Waals surface area contributed by atoms with Gasteiger partial charge in [0.05, 0.1) is 0 Å². The lowest BCUT2D eigenvalue weighted by Gasteiger charge is -2.20. The lowest BCUT2D eigenvalue weighted by Crippen LogP contribution is -2.21. The van der Waals surface area contributed by atoms with Crippen molar-refractivity contribution in [3.63, 3.8) is 0 Å². The molecule has 0 saturated heterocycles. The molecule has 3 nitrogen and oxygen atoms in total. The first kappa shape index (κ1) is 15.4. The fourth-order valence-electron chi connectivity index (χ4n) is 2.18. The highest BCUT2D eigenvalue weighted by Gasteiger charge is 2.13. The van der Waals surface area contributed by atoms with Crippen LogP contribution in [0.5, 0.6) is 0 Å². The Morgan fingerprint density at radius 1 is 1.19 bits per heavy atom. The third-order valence-electron chi connectivity index (χ3n) is 3.42. The number of benzene rings is 1. The van der Waals surface area contributed by atoms with Crippen molar-refractivity contribution in [2.24, 2.45) is 0 Å². The van der Waals surface area contributed by atoms with Crippen molar-refractivity contribution >= 4 is 5.82 Å². The molecule has 0 fully saturated rings. The number of nitrogens with one attached hydrogen (secondary N) is 1. The van der Waals surface area contributed by atoms with Crippen molar-refractivity contribution in [1.29, 1.82) is 0 Å². The Morgan fingerprint density at radius 3 is 2.57 bits per heavy atom. The first-order chi connectivity index (χ1) is 10.1. The maximum atomic E-state index is 14.5. The van der Waals surface area contributed by atoms with Gasteiger partial charge in [0.15, 0.2) is 11.6 Å². The third-order valence-corrected chi connectivity index (χ3v) is 3.42. The second-order valence-electron chi connectivity index (χ2n) is 5.23. The number of hydrogen-bond acceptors (Lipinski definition) is 3. The van der Waals surface area contributed by atoms with Gasteiger partial charge < -0.3 is 10.2 Å². The summed E-state index contributed by atoms with van der Waals surface area (Å²) in [5.41, 5.74) is 3.01. The zero-order chi connectivity index (χ0) is 15.2. The first-order valence-electron chi connectivity index (χ1n) is 7.22. The summed E-state index contributed by atoms with van der Waals surface area (Å²) in [5, 5.41) is 3.14. The predicted molar refractivity (Wildman–Crippen MR) is 84.9 cm³/mol. The maximum absolute atomic E-state index is 14.5. The Bertz CT molecular complexity index is 581. The number of hydrogen-bond donors (Lipinski definition) is 1. The number of anilines is 1. The van der Waals surface area contributed by atoms with Crippen LogP contribution in [0, 0.1) is 12.7 Å². The lowest BCUT2D eigenvalue weighted by atomic mass is 10.1. The number of aryl methyl sites for hydroxylation is 1. The highest BCUT2D eigenvalue weighted by molar-refractivity contribution is 5.43. The fraction of sp³-hybridized carbons (Fsp3) is 0.353. The molecule has 0 aliphatic carbocycles. The van der Waals surface area contributed by atoms with E-state index in [4.69, 9.17) is 0 Å². The molecule has 0 bridgehead atoms. The number of pyridine rings is 1. The van der Waals surface area contributed by atoms with E-state index in [1.54, 1.807) is 12.3 Å². The van der Waals surface area contributed by atoms with Gasteiger partial charge in [-0.05, 0) is 25.1 Å². The van der Waals surface area contributed by atoms with Crippen LogP contribution >= 0.6 is 0 Å². The van der Waals surface area contributed by atoms with E-state index in [9.17, 15) is 4.39 Å². The van der Waals surface area contributed by atoms with Gasteiger partial charge in [0.2, 0.25) is 0 Å². The topological polar surface area (TPSA) is 28.2 Å². The van der Waals surface area contributed by atoms with Crippen LogP contribution in [-0.2, 0) is 13.1 Å². The molecule has 0 radical (unpaired) electrons. The minimum atomic E-state index is -0.243. The van der Waals surface area contributed by atoms with Gasteiger partial charge >= 0.3 is 0 Å². The van der Waals surface area contributed by atoms with Crippen LogP contribution in [0.3, 0.4) is 0 Å². The molecule has 2 rings (SSSR count). The molecular formula is C17H22FN3. The van der Waals surface area contributed by atoms with Gasteiger partial charge in [-0.25, -0.2) is 9.37 Å². The Balaban J connectivity index is 2.14. The highest BCUT2D eigenvalue weighted by atomic mass is 19.1. The lowest BCUT2D eigenvalue weighted by molar-refractivity contribution is 0.583. The summed E-state index contributed by atoms with van der Waals surface area (Å²) in [4.78, 5) is 6.03. The van der Waals surface area contributed by atoms with E-state index in [0.29, 0.717) is 24.5 Å². The van der Waals surface area contributed by atoms with Gasteiger partial charge in [-0.2, -0.15) is 0 Å². The maximum Gasteiger partial charge on any atom is 0.170 e. The van der Waals surface area contributed by atoms with E-state index >= 15 is 0 Å². The molecule has 0 unspecified atom stereocenters.